The molecule has 0 unspecified atom stereocenters. The van der Waals surface area contributed by atoms with E-state index in [-0.39, 0.29) is 19.4 Å². The highest BCUT2D eigenvalue weighted by molar-refractivity contribution is 7.92. The number of rotatable bonds is 2. The van der Waals surface area contributed by atoms with E-state index in [1.165, 1.54) is 0 Å². The third-order valence-electron chi connectivity index (χ3n) is 6.51. The highest BCUT2D eigenvalue weighted by atomic mass is 32.2. The summed E-state index contributed by atoms with van der Waals surface area (Å²) in [7, 11) is -4.52. The van der Waals surface area contributed by atoms with E-state index in [4.69, 9.17) is 4.74 Å². The van der Waals surface area contributed by atoms with Crippen LogP contribution in [0.4, 0.5) is 22.0 Å². The van der Waals surface area contributed by atoms with Crippen LogP contribution in [-0.2, 0) is 20.8 Å². The first kappa shape index (κ1) is 22.0. The van der Waals surface area contributed by atoms with Crippen LogP contribution >= 0.6 is 0 Å². The smallest absolute Gasteiger partial charge is 0.416 e. The fraction of sp³-hybridized carbons (Fsp3) is 0.429. The molecule has 1 heterocycles. The molecule has 168 valence electrons. The normalized spacial score (nSPS) is 28.4. The molecule has 31 heavy (non-hydrogen) atoms. The molecule has 10 heteroatoms. The lowest BCUT2D eigenvalue weighted by molar-refractivity contribution is -0.137. The predicted molar refractivity (Wildman–Crippen MR) is 100 cm³/mol. The number of benzene rings is 2. The molecule has 0 saturated heterocycles. The summed E-state index contributed by atoms with van der Waals surface area (Å²) in [6.07, 6.45) is -5.79. The Morgan fingerprint density at radius 1 is 1.06 bits per heavy atom. The highest BCUT2D eigenvalue weighted by Gasteiger charge is 2.61. The maximum atomic E-state index is 15.0. The van der Waals surface area contributed by atoms with Crippen LogP contribution in [0.2, 0.25) is 0 Å². The first-order valence-corrected chi connectivity index (χ1v) is 11.1. The van der Waals surface area contributed by atoms with Gasteiger partial charge in [0.15, 0.2) is 21.4 Å². The fourth-order valence-electron chi connectivity index (χ4n) is 4.84. The van der Waals surface area contributed by atoms with E-state index >= 15 is 4.39 Å². The van der Waals surface area contributed by atoms with Crippen molar-refractivity contribution in [3.05, 3.63) is 59.2 Å². The molecular formula is C21H19F5O4S. The van der Waals surface area contributed by atoms with E-state index in [0.29, 0.717) is 12.1 Å². The number of aliphatic hydroxyl groups excluding tert-OH is 1. The van der Waals surface area contributed by atoms with E-state index in [1.807, 2.05) is 0 Å². The third kappa shape index (κ3) is 3.14. The number of alkyl halides is 3. The minimum atomic E-state index is -4.66. The molecule has 1 aliphatic heterocycles. The Balaban J connectivity index is 1.98. The summed E-state index contributed by atoms with van der Waals surface area (Å²) in [5, 5.41) is 10.3. The van der Waals surface area contributed by atoms with Gasteiger partial charge in [-0.05, 0) is 55.2 Å². The Kier molecular flexibility index (Phi) is 5.09. The molecule has 4 rings (SSSR count). The van der Waals surface area contributed by atoms with Crippen LogP contribution in [0.25, 0.3) is 0 Å². The number of hydrogen-bond acceptors (Lipinski definition) is 4. The van der Waals surface area contributed by atoms with Gasteiger partial charge in [0.25, 0.3) is 0 Å². The zero-order chi connectivity index (χ0) is 22.8. The van der Waals surface area contributed by atoms with Crippen LogP contribution in [0.3, 0.4) is 0 Å². The molecule has 0 bridgehead atoms. The molecule has 0 spiro atoms. The van der Waals surface area contributed by atoms with Crippen LogP contribution in [0.1, 0.15) is 30.9 Å². The maximum Gasteiger partial charge on any atom is 0.416 e. The van der Waals surface area contributed by atoms with Gasteiger partial charge >= 0.3 is 6.18 Å². The van der Waals surface area contributed by atoms with E-state index in [9.17, 15) is 31.1 Å². The number of ether oxygens (including phenoxy) is 1. The van der Waals surface area contributed by atoms with Gasteiger partial charge in [0, 0.05) is 5.92 Å². The molecule has 2 aromatic carbocycles. The largest absolute Gasteiger partial charge is 0.490 e. The molecule has 1 N–H and O–H groups in total. The maximum absolute atomic E-state index is 15.0. The van der Waals surface area contributed by atoms with Crippen molar-refractivity contribution < 1.29 is 40.2 Å². The molecule has 2 aliphatic rings. The first-order chi connectivity index (χ1) is 14.4. The lowest BCUT2D eigenvalue weighted by Crippen LogP contribution is -2.56. The number of fused-ring (bicyclic) bond motifs is 3. The minimum Gasteiger partial charge on any atom is -0.490 e. The van der Waals surface area contributed by atoms with Crippen LogP contribution in [0.15, 0.2) is 41.3 Å². The summed E-state index contributed by atoms with van der Waals surface area (Å²) >= 11 is 0. The van der Waals surface area contributed by atoms with Gasteiger partial charge in [0.05, 0.1) is 28.7 Å². The second kappa shape index (κ2) is 7.16. The van der Waals surface area contributed by atoms with Crippen LogP contribution in [0.5, 0.6) is 5.75 Å². The summed E-state index contributed by atoms with van der Waals surface area (Å²) in [5.41, 5.74) is -1.50. The molecule has 0 amide bonds. The van der Waals surface area contributed by atoms with Crippen molar-refractivity contribution in [3.63, 3.8) is 0 Å². The first-order valence-electron chi connectivity index (χ1n) is 9.62. The Morgan fingerprint density at radius 2 is 1.68 bits per heavy atom. The van der Waals surface area contributed by atoms with E-state index < -0.39 is 72.1 Å². The van der Waals surface area contributed by atoms with Crippen molar-refractivity contribution in [3.8, 4) is 5.75 Å². The lowest BCUT2D eigenvalue weighted by Gasteiger charge is -2.51. The van der Waals surface area contributed by atoms with Gasteiger partial charge in [-0.15, -0.1) is 0 Å². The van der Waals surface area contributed by atoms with Gasteiger partial charge in [-0.1, -0.05) is 6.92 Å². The Hall–Kier alpha value is -2.20. The molecule has 0 radical (unpaired) electrons. The van der Waals surface area contributed by atoms with Crippen LogP contribution < -0.4 is 4.74 Å². The van der Waals surface area contributed by atoms with Crippen molar-refractivity contribution in [1.29, 1.82) is 0 Å². The minimum absolute atomic E-state index is 0.00702. The number of sulfone groups is 1. The van der Waals surface area contributed by atoms with E-state index in [0.717, 1.165) is 24.3 Å². The zero-order valence-corrected chi connectivity index (χ0v) is 17.1. The monoisotopic (exact) mass is 462 g/mol. The van der Waals surface area contributed by atoms with Crippen molar-refractivity contribution in [1.82, 2.24) is 0 Å². The highest BCUT2D eigenvalue weighted by Crippen LogP contribution is 2.58. The summed E-state index contributed by atoms with van der Waals surface area (Å²) in [4.78, 5) is -0.439. The van der Waals surface area contributed by atoms with Crippen molar-refractivity contribution in [2.75, 3.05) is 6.61 Å². The second-order valence-electron chi connectivity index (χ2n) is 8.03. The number of hydrogen-bond donors (Lipinski definition) is 1. The van der Waals surface area contributed by atoms with Gasteiger partial charge in [0.1, 0.15) is 10.6 Å². The molecular weight excluding hydrogens is 443 g/mol. The summed E-state index contributed by atoms with van der Waals surface area (Å²) in [5.74, 6) is -4.02. The zero-order valence-electron chi connectivity index (χ0n) is 16.3. The summed E-state index contributed by atoms with van der Waals surface area (Å²) in [6.45, 7) is 1.31. The number of aliphatic hydroxyl groups is 1. The van der Waals surface area contributed by atoms with Gasteiger partial charge < -0.3 is 9.84 Å². The molecule has 1 saturated carbocycles. The molecule has 2 aromatic rings. The van der Waals surface area contributed by atoms with Crippen molar-refractivity contribution in [2.45, 2.75) is 41.7 Å². The van der Waals surface area contributed by atoms with Gasteiger partial charge in [0.2, 0.25) is 0 Å². The Morgan fingerprint density at radius 3 is 2.29 bits per heavy atom. The summed E-state index contributed by atoms with van der Waals surface area (Å²) in [6, 6.07) is 4.56. The molecule has 1 fully saturated rings. The Bertz CT molecular complexity index is 1110. The molecule has 0 aromatic heterocycles. The van der Waals surface area contributed by atoms with Crippen LogP contribution in [-0.4, -0.2) is 26.2 Å². The quantitative estimate of drug-likeness (QED) is 0.670. The average molecular weight is 462 g/mol. The number of halogens is 5. The SMILES string of the molecule is C[C@@H]1[C@H]2COc3c(F)ccc(F)c3[C@@]2(S(=O)(=O)c2ccc(C(F)(F)F)cc2)CC[C@@H]1O. The van der Waals surface area contributed by atoms with E-state index in [1.54, 1.807) is 6.92 Å². The van der Waals surface area contributed by atoms with E-state index in [2.05, 4.69) is 0 Å². The molecule has 4 nitrogen and oxygen atoms in total. The van der Waals surface area contributed by atoms with Crippen LogP contribution in [0, 0.1) is 23.5 Å². The second-order valence-corrected chi connectivity index (χ2v) is 10.2. The van der Waals surface area contributed by atoms with Crippen molar-refractivity contribution >= 4 is 9.84 Å². The standard InChI is InChI=1S/C21H19F5O4S/c1-11-14-10-30-19-16(23)7-6-15(22)18(19)20(14,9-8-17(11)27)31(28,29)13-4-2-12(3-5-13)21(24,25)26/h2-7,11,14,17,27H,8-10H2,1H3/t11-,14-,17+,20-/m1/s1. The van der Waals surface area contributed by atoms with Gasteiger partial charge in [-0.3, -0.25) is 0 Å². The fourth-order valence-corrected chi connectivity index (χ4v) is 7.29. The third-order valence-corrected chi connectivity index (χ3v) is 9.08. The lowest BCUT2D eigenvalue weighted by atomic mass is 9.67. The van der Waals surface area contributed by atoms with Gasteiger partial charge in [-0.25, -0.2) is 17.2 Å². The topological polar surface area (TPSA) is 63.6 Å². The van der Waals surface area contributed by atoms with Crippen molar-refractivity contribution in [2.24, 2.45) is 11.8 Å². The average Bonchev–Trinajstić information content (AvgIpc) is 2.72. The predicted octanol–water partition coefficient (Wildman–Crippen LogP) is 4.45. The van der Waals surface area contributed by atoms with Gasteiger partial charge in [-0.2, -0.15) is 13.2 Å². The Labute approximate surface area is 175 Å². The molecule has 4 atom stereocenters. The molecule has 1 aliphatic carbocycles. The summed E-state index contributed by atoms with van der Waals surface area (Å²) < 4.78 is 99.5.